The molecule has 0 aliphatic carbocycles. The number of quaternary nitrogens is 2. The van der Waals surface area contributed by atoms with E-state index in [0.29, 0.717) is 0 Å². The van der Waals surface area contributed by atoms with E-state index in [2.05, 4.69) is 5.32 Å². The van der Waals surface area contributed by atoms with E-state index in [1.807, 2.05) is 4.90 Å². The van der Waals surface area contributed by atoms with Crippen LogP contribution in [-0.2, 0) is 0 Å². The van der Waals surface area contributed by atoms with Gasteiger partial charge in [-0.05, 0) is 0 Å². The average molecular weight is 114 g/mol. The Hall–Kier alpha value is -0.0800. The number of nitrogens with one attached hydrogen (secondary N) is 1. The van der Waals surface area contributed by atoms with Crippen LogP contribution in [0.3, 0.4) is 0 Å². The largest absolute Gasteiger partial charge is 0.297 e. The predicted octanol–water partition coefficient (Wildman–Crippen LogP) is -2.43. The van der Waals surface area contributed by atoms with E-state index in [1.165, 1.54) is 32.5 Å². The normalized spacial score (nSPS) is 45.0. The third kappa shape index (κ3) is 0.565. The van der Waals surface area contributed by atoms with Crippen LogP contribution in [0.25, 0.3) is 0 Å². The molecule has 2 saturated heterocycles. The van der Waals surface area contributed by atoms with E-state index in [9.17, 15) is 0 Å². The SMILES string of the molecule is C1C[NH2+]C2CC[NH+]2C1. The Labute approximate surface area is 49.9 Å². The average Bonchev–Trinajstić information content (AvgIpc) is 1.72. The molecule has 0 radical (unpaired) electrons. The minimum Gasteiger partial charge on any atom is -0.297 e. The van der Waals surface area contributed by atoms with Gasteiger partial charge in [0, 0.05) is 6.42 Å². The topological polar surface area (TPSA) is 21.1 Å². The summed E-state index contributed by atoms with van der Waals surface area (Å²) >= 11 is 0. The molecule has 2 aliphatic rings. The van der Waals surface area contributed by atoms with Crippen LogP contribution < -0.4 is 10.2 Å². The van der Waals surface area contributed by atoms with Crippen molar-refractivity contribution >= 4 is 0 Å². The van der Waals surface area contributed by atoms with Crippen molar-refractivity contribution in [2.24, 2.45) is 0 Å². The van der Waals surface area contributed by atoms with Crippen molar-refractivity contribution in [3.8, 4) is 0 Å². The summed E-state index contributed by atoms with van der Waals surface area (Å²) in [6.07, 6.45) is 3.88. The lowest BCUT2D eigenvalue weighted by Gasteiger charge is -2.37. The van der Waals surface area contributed by atoms with Crippen LogP contribution in [0.15, 0.2) is 0 Å². The molecule has 46 valence electrons. The summed E-state index contributed by atoms with van der Waals surface area (Å²) in [4.78, 5) is 1.84. The Morgan fingerprint density at radius 1 is 1.38 bits per heavy atom. The van der Waals surface area contributed by atoms with Gasteiger partial charge >= 0.3 is 0 Å². The molecule has 0 aromatic heterocycles. The molecule has 8 heavy (non-hydrogen) atoms. The van der Waals surface area contributed by atoms with Crippen molar-refractivity contribution in [2.45, 2.75) is 19.0 Å². The highest BCUT2D eigenvalue weighted by atomic mass is 15.3. The molecular formula is C6H14N2+2. The van der Waals surface area contributed by atoms with E-state index < -0.39 is 0 Å². The highest BCUT2D eigenvalue weighted by Gasteiger charge is 2.37. The number of hydrogen-bond acceptors (Lipinski definition) is 0. The van der Waals surface area contributed by atoms with Gasteiger partial charge in [0.1, 0.15) is 6.42 Å². The van der Waals surface area contributed by atoms with E-state index in [0.717, 1.165) is 6.17 Å². The fourth-order valence-electron chi connectivity index (χ4n) is 1.76. The monoisotopic (exact) mass is 114 g/mol. The van der Waals surface area contributed by atoms with Crippen molar-refractivity contribution in [1.82, 2.24) is 0 Å². The van der Waals surface area contributed by atoms with Crippen molar-refractivity contribution in [1.29, 1.82) is 0 Å². The summed E-state index contributed by atoms with van der Waals surface area (Å²) < 4.78 is 0. The molecule has 2 heterocycles. The molecule has 0 bridgehead atoms. The molecule has 2 rings (SSSR count). The van der Waals surface area contributed by atoms with Crippen molar-refractivity contribution in [3.63, 3.8) is 0 Å². The van der Waals surface area contributed by atoms with Crippen molar-refractivity contribution in [3.05, 3.63) is 0 Å². The number of nitrogens with two attached hydrogens (primary N) is 1. The first-order chi connectivity index (χ1) is 3.97. The Morgan fingerprint density at radius 3 is 2.75 bits per heavy atom. The summed E-state index contributed by atoms with van der Waals surface area (Å²) in [6.45, 7) is 4.27. The second-order valence-electron chi connectivity index (χ2n) is 2.93. The maximum absolute atomic E-state index is 2.50. The Balaban J connectivity index is 1.92. The standard InChI is InChI=1S/C6H12N2/c1-3-7-6-2-5-8(6)4-1/h6-7H,1-5H2/p+2. The second kappa shape index (κ2) is 1.71. The minimum atomic E-state index is 0.976. The minimum absolute atomic E-state index is 0.976. The van der Waals surface area contributed by atoms with Crippen molar-refractivity contribution < 1.29 is 10.2 Å². The predicted molar refractivity (Wildman–Crippen MR) is 30.5 cm³/mol. The summed E-state index contributed by atoms with van der Waals surface area (Å²) in [5, 5.41) is 2.50. The molecule has 0 spiro atoms. The molecule has 2 aliphatic heterocycles. The molecule has 2 fully saturated rings. The van der Waals surface area contributed by atoms with Gasteiger partial charge in [-0.15, -0.1) is 0 Å². The number of rotatable bonds is 0. The van der Waals surface area contributed by atoms with Gasteiger partial charge in [0.15, 0.2) is 0 Å². The molecule has 0 amide bonds. The molecule has 0 saturated carbocycles. The first kappa shape index (κ1) is 4.77. The van der Waals surface area contributed by atoms with Gasteiger partial charge < -0.3 is 0 Å². The van der Waals surface area contributed by atoms with Gasteiger partial charge in [0.2, 0.25) is 6.17 Å². The van der Waals surface area contributed by atoms with Crippen LogP contribution in [0.5, 0.6) is 0 Å². The lowest BCUT2D eigenvalue weighted by molar-refractivity contribution is -1.09. The summed E-state index contributed by atoms with van der Waals surface area (Å²) in [5.74, 6) is 0. The zero-order chi connectivity index (χ0) is 5.40. The van der Waals surface area contributed by atoms with Gasteiger partial charge in [-0.25, -0.2) is 0 Å². The third-order valence-corrected chi connectivity index (χ3v) is 2.45. The van der Waals surface area contributed by atoms with E-state index in [-0.39, 0.29) is 0 Å². The summed E-state index contributed by atoms with van der Waals surface area (Å²) in [6, 6.07) is 0. The zero-order valence-electron chi connectivity index (χ0n) is 5.19. The molecule has 2 nitrogen and oxygen atoms in total. The quantitative estimate of drug-likeness (QED) is 0.349. The van der Waals surface area contributed by atoms with Crippen molar-refractivity contribution in [2.75, 3.05) is 19.6 Å². The maximum Gasteiger partial charge on any atom is 0.217 e. The maximum atomic E-state index is 2.50. The van der Waals surface area contributed by atoms with Gasteiger partial charge in [0.05, 0.1) is 19.6 Å². The summed E-state index contributed by atoms with van der Waals surface area (Å²) in [5.41, 5.74) is 0. The summed E-state index contributed by atoms with van der Waals surface area (Å²) in [7, 11) is 0. The lowest BCUT2D eigenvalue weighted by atomic mass is 10.1. The van der Waals surface area contributed by atoms with Crippen LogP contribution in [0.4, 0.5) is 0 Å². The van der Waals surface area contributed by atoms with Crippen LogP contribution in [0, 0.1) is 0 Å². The molecule has 0 aromatic carbocycles. The molecular weight excluding hydrogens is 100 g/mol. The lowest BCUT2D eigenvalue weighted by Crippen LogP contribution is -3.34. The van der Waals surface area contributed by atoms with Gasteiger partial charge in [0.25, 0.3) is 0 Å². The fourth-order valence-corrected chi connectivity index (χ4v) is 1.76. The third-order valence-electron chi connectivity index (χ3n) is 2.45. The number of hydrogen-bond donors (Lipinski definition) is 2. The smallest absolute Gasteiger partial charge is 0.217 e. The van der Waals surface area contributed by atoms with E-state index in [1.54, 1.807) is 0 Å². The second-order valence-corrected chi connectivity index (χ2v) is 2.93. The van der Waals surface area contributed by atoms with Crippen LogP contribution in [0.1, 0.15) is 12.8 Å². The molecule has 0 aromatic rings. The zero-order valence-corrected chi connectivity index (χ0v) is 5.19. The van der Waals surface area contributed by atoms with E-state index in [4.69, 9.17) is 0 Å². The van der Waals surface area contributed by atoms with E-state index >= 15 is 0 Å². The molecule has 2 atom stereocenters. The molecule has 3 N–H and O–H groups in total. The van der Waals surface area contributed by atoms with Gasteiger partial charge in [-0.3, -0.25) is 10.2 Å². The Morgan fingerprint density at radius 2 is 2.38 bits per heavy atom. The highest BCUT2D eigenvalue weighted by molar-refractivity contribution is 4.52. The van der Waals surface area contributed by atoms with Crippen LogP contribution in [-0.4, -0.2) is 25.8 Å². The van der Waals surface area contributed by atoms with Crippen LogP contribution in [0.2, 0.25) is 0 Å². The molecule has 2 unspecified atom stereocenters. The first-order valence-electron chi connectivity index (χ1n) is 3.65. The fraction of sp³-hybridized carbons (Fsp3) is 1.00. The first-order valence-corrected chi connectivity index (χ1v) is 3.65. The van der Waals surface area contributed by atoms with Gasteiger partial charge in [-0.2, -0.15) is 0 Å². The molecule has 2 heteroatoms. The Kier molecular flexibility index (Phi) is 1.02. The highest BCUT2D eigenvalue weighted by Crippen LogP contribution is 1.88. The number of fused-ring (bicyclic) bond motifs is 1. The van der Waals surface area contributed by atoms with Gasteiger partial charge in [-0.1, -0.05) is 0 Å². The Bertz CT molecular complexity index is 80.5. The van der Waals surface area contributed by atoms with Crippen LogP contribution >= 0.6 is 0 Å².